The number of nitrogens with one attached hydrogen (secondary N) is 1. The third-order valence-corrected chi connectivity index (χ3v) is 0.942. The molecule has 64 valence electrons. The van der Waals surface area contributed by atoms with E-state index >= 15 is 0 Å². The van der Waals surface area contributed by atoms with Gasteiger partial charge in [-0.15, -0.1) is 0 Å². The van der Waals surface area contributed by atoms with Gasteiger partial charge in [-0.05, 0) is 6.92 Å². The smallest absolute Gasteiger partial charge is 0.394 e. The summed E-state index contributed by atoms with van der Waals surface area (Å²) < 4.78 is 4.43. The number of carboxylic acid groups (broad SMARTS) is 1. The van der Waals surface area contributed by atoms with Crippen molar-refractivity contribution < 1.29 is 19.2 Å². The highest BCUT2D eigenvalue weighted by molar-refractivity contribution is 6.36. The summed E-state index contributed by atoms with van der Waals surface area (Å²) in [7, 11) is 0. The fraction of sp³-hybridized carbons (Fsp3) is 0.200. The van der Waals surface area contributed by atoms with Crippen molar-refractivity contribution in [3.63, 3.8) is 0 Å². The number of hydrogen-bond acceptors (Lipinski definition) is 5. The lowest BCUT2D eigenvalue weighted by molar-refractivity contribution is -0.147. The highest BCUT2D eigenvalue weighted by Crippen LogP contribution is 2.00. The Morgan fingerprint density at radius 2 is 2.25 bits per heavy atom. The second-order valence-corrected chi connectivity index (χ2v) is 1.91. The summed E-state index contributed by atoms with van der Waals surface area (Å²) in [5.74, 6) is -2.50. The minimum Gasteiger partial charge on any atom is -0.474 e. The Bertz CT molecular complexity index is 318. The first-order chi connectivity index (χ1) is 5.59. The third kappa shape index (κ3) is 1.78. The number of aliphatic carboxylic acids is 1. The quantitative estimate of drug-likeness (QED) is 0.546. The van der Waals surface area contributed by atoms with E-state index in [9.17, 15) is 9.59 Å². The van der Waals surface area contributed by atoms with Gasteiger partial charge in [-0.2, -0.15) is 4.98 Å². The van der Waals surface area contributed by atoms with Crippen molar-refractivity contribution in [1.29, 1.82) is 0 Å². The molecule has 12 heavy (non-hydrogen) atoms. The van der Waals surface area contributed by atoms with E-state index in [1.165, 1.54) is 0 Å². The molecule has 0 saturated carbocycles. The Hall–Kier alpha value is -1.92. The van der Waals surface area contributed by atoms with Crippen molar-refractivity contribution in [3.8, 4) is 0 Å². The maximum absolute atomic E-state index is 10.5. The fourth-order valence-electron chi connectivity index (χ4n) is 0.498. The second-order valence-electron chi connectivity index (χ2n) is 1.91. The zero-order chi connectivity index (χ0) is 9.14. The molecule has 7 nitrogen and oxygen atoms in total. The van der Waals surface area contributed by atoms with Crippen molar-refractivity contribution in [2.24, 2.45) is 0 Å². The van der Waals surface area contributed by atoms with Gasteiger partial charge in [0.25, 0.3) is 0 Å². The molecule has 0 saturated heterocycles. The predicted octanol–water partition coefficient (Wildman–Crippen LogP) is -0.599. The van der Waals surface area contributed by atoms with E-state index in [1.807, 2.05) is 5.32 Å². The molecule has 0 radical (unpaired) electrons. The standard InChI is InChI=1S/C5H5N3O4/c1-2-6-5(12-8-2)7-3(9)4(10)11/h1H3,(H,10,11)(H,6,7,8,9). The van der Waals surface area contributed by atoms with E-state index < -0.39 is 11.9 Å². The molecule has 1 rings (SSSR count). The molecule has 0 aliphatic heterocycles. The number of carbonyl (C=O) groups is 2. The predicted molar refractivity (Wildman–Crippen MR) is 35.3 cm³/mol. The Morgan fingerprint density at radius 3 is 2.67 bits per heavy atom. The van der Waals surface area contributed by atoms with Crippen LogP contribution in [0.15, 0.2) is 4.52 Å². The van der Waals surface area contributed by atoms with Crippen LogP contribution in [0.4, 0.5) is 6.01 Å². The summed E-state index contributed by atoms with van der Waals surface area (Å²) in [4.78, 5) is 24.1. The molecule has 1 aromatic rings. The molecular weight excluding hydrogens is 166 g/mol. The minimum absolute atomic E-state index is 0.222. The first kappa shape index (κ1) is 8.18. The van der Waals surface area contributed by atoms with Crippen molar-refractivity contribution >= 4 is 17.9 Å². The Balaban J connectivity index is 2.64. The number of carboxylic acids is 1. The van der Waals surface area contributed by atoms with E-state index in [4.69, 9.17) is 5.11 Å². The molecule has 0 spiro atoms. The lowest BCUT2D eigenvalue weighted by atomic mass is 10.6. The molecule has 0 aliphatic carbocycles. The SMILES string of the molecule is Cc1noc(NC(=O)C(=O)O)n1. The average Bonchev–Trinajstić information content (AvgIpc) is 2.35. The first-order valence-corrected chi connectivity index (χ1v) is 2.94. The topological polar surface area (TPSA) is 105 Å². The minimum atomic E-state index is -1.61. The van der Waals surface area contributed by atoms with Crippen LogP contribution < -0.4 is 5.32 Å². The lowest BCUT2D eigenvalue weighted by Gasteiger charge is -1.90. The zero-order valence-electron chi connectivity index (χ0n) is 6.07. The van der Waals surface area contributed by atoms with Crippen molar-refractivity contribution in [2.45, 2.75) is 6.92 Å². The fourth-order valence-corrected chi connectivity index (χ4v) is 0.498. The van der Waals surface area contributed by atoms with Crippen LogP contribution in [-0.2, 0) is 9.59 Å². The van der Waals surface area contributed by atoms with Crippen molar-refractivity contribution in [3.05, 3.63) is 5.82 Å². The molecular formula is C5H5N3O4. The van der Waals surface area contributed by atoms with Crippen molar-refractivity contribution in [2.75, 3.05) is 5.32 Å². The molecule has 1 aromatic heterocycles. The monoisotopic (exact) mass is 171 g/mol. The zero-order valence-corrected chi connectivity index (χ0v) is 6.07. The van der Waals surface area contributed by atoms with Crippen LogP contribution in [0, 0.1) is 6.92 Å². The largest absolute Gasteiger partial charge is 0.474 e. The maximum atomic E-state index is 10.5. The Kier molecular flexibility index (Phi) is 2.04. The normalized spacial score (nSPS) is 9.42. The van der Waals surface area contributed by atoms with Gasteiger partial charge in [0.2, 0.25) is 0 Å². The molecule has 1 heterocycles. The van der Waals surface area contributed by atoms with Gasteiger partial charge in [-0.25, -0.2) is 4.79 Å². The number of aryl methyl sites for hydroxylation is 1. The number of rotatable bonds is 1. The molecule has 0 unspecified atom stereocenters. The summed E-state index contributed by atoms with van der Waals surface area (Å²) in [6.07, 6.45) is 0. The molecule has 1 amide bonds. The third-order valence-electron chi connectivity index (χ3n) is 0.942. The number of carbonyl (C=O) groups excluding carboxylic acids is 1. The van der Waals surface area contributed by atoms with Gasteiger partial charge >= 0.3 is 17.9 Å². The molecule has 0 atom stereocenters. The molecule has 2 N–H and O–H groups in total. The molecule has 0 aliphatic rings. The van der Waals surface area contributed by atoms with Gasteiger partial charge in [-0.1, -0.05) is 5.16 Å². The van der Waals surface area contributed by atoms with Gasteiger partial charge in [0.15, 0.2) is 5.82 Å². The molecule has 7 heteroatoms. The van der Waals surface area contributed by atoms with E-state index in [0.29, 0.717) is 5.82 Å². The summed E-state index contributed by atoms with van der Waals surface area (Å²) in [6, 6.07) is -0.222. The van der Waals surface area contributed by atoms with E-state index in [1.54, 1.807) is 6.92 Å². The van der Waals surface area contributed by atoms with E-state index in [2.05, 4.69) is 14.7 Å². The number of aromatic nitrogens is 2. The summed E-state index contributed by atoms with van der Waals surface area (Å²) in [5.41, 5.74) is 0. The maximum Gasteiger partial charge on any atom is 0.394 e. The number of hydrogen-bond donors (Lipinski definition) is 2. The average molecular weight is 171 g/mol. The first-order valence-electron chi connectivity index (χ1n) is 2.94. The lowest BCUT2D eigenvalue weighted by Crippen LogP contribution is -2.21. The van der Waals surface area contributed by atoms with Gasteiger partial charge in [0.1, 0.15) is 0 Å². The highest BCUT2D eigenvalue weighted by atomic mass is 16.5. The van der Waals surface area contributed by atoms with E-state index in [0.717, 1.165) is 0 Å². The summed E-state index contributed by atoms with van der Waals surface area (Å²) >= 11 is 0. The molecule has 0 aromatic carbocycles. The van der Waals surface area contributed by atoms with Gasteiger partial charge in [-0.3, -0.25) is 10.1 Å². The van der Waals surface area contributed by atoms with Crippen LogP contribution in [0.1, 0.15) is 5.82 Å². The molecule has 0 bridgehead atoms. The van der Waals surface area contributed by atoms with Gasteiger partial charge in [0, 0.05) is 0 Å². The van der Waals surface area contributed by atoms with Gasteiger partial charge < -0.3 is 9.63 Å². The van der Waals surface area contributed by atoms with Crippen LogP contribution in [-0.4, -0.2) is 27.1 Å². The Labute approximate surface area is 66.4 Å². The summed E-state index contributed by atoms with van der Waals surface area (Å²) in [6.45, 7) is 1.54. The van der Waals surface area contributed by atoms with E-state index in [-0.39, 0.29) is 6.01 Å². The number of amides is 1. The highest BCUT2D eigenvalue weighted by Gasteiger charge is 2.14. The summed E-state index contributed by atoms with van der Waals surface area (Å²) in [5, 5.41) is 13.4. The van der Waals surface area contributed by atoms with Crippen LogP contribution >= 0.6 is 0 Å². The van der Waals surface area contributed by atoms with Crippen molar-refractivity contribution in [1.82, 2.24) is 10.1 Å². The Morgan fingerprint density at radius 1 is 1.58 bits per heavy atom. The van der Waals surface area contributed by atoms with Crippen LogP contribution in [0.3, 0.4) is 0 Å². The van der Waals surface area contributed by atoms with Crippen LogP contribution in [0.5, 0.6) is 0 Å². The number of anilines is 1. The number of nitrogens with zero attached hydrogens (tertiary/aromatic N) is 2. The van der Waals surface area contributed by atoms with Gasteiger partial charge in [0.05, 0.1) is 0 Å². The van der Waals surface area contributed by atoms with Crippen LogP contribution in [0.2, 0.25) is 0 Å². The second kappa shape index (κ2) is 2.99. The van der Waals surface area contributed by atoms with Crippen LogP contribution in [0.25, 0.3) is 0 Å². The molecule has 0 fully saturated rings.